The molecule has 0 bridgehead atoms. The van der Waals surface area contributed by atoms with Gasteiger partial charge in [-0.1, -0.05) is 26.0 Å². The molecule has 5 heteroatoms. The molecule has 0 saturated heterocycles. The number of carbonyl (C=O) groups is 1. The van der Waals surface area contributed by atoms with Crippen LogP contribution < -0.4 is 5.32 Å². The van der Waals surface area contributed by atoms with Gasteiger partial charge in [0.15, 0.2) is 0 Å². The lowest BCUT2D eigenvalue weighted by Gasteiger charge is -2.22. The fourth-order valence-corrected chi connectivity index (χ4v) is 3.26. The zero-order chi connectivity index (χ0) is 16.1. The topological polar surface area (TPSA) is 45.2 Å². The predicted molar refractivity (Wildman–Crippen MR) is 93.1 cm³/mol. The molecule has 2 rings (SSSR count). The monoisotopic (exact) mass is 319 g/mol. The molecular weight excluding hydrogens is 294 g/mol. The lowest BCUT2D eigenvalue weighted by Crippen LogP contribution is -2.37. The second-order valence-corrected chi connectivity index (χ2v) is 7.21. The van der Waals surface area contributed by atoms with Crippen LogP contribution in [-0.2, 0) is 4.79 Å². The van der Waals surface area contributed by atoms with Crippen LogP contribution in [0.4, 0.5) is 0 Å². The highest BCUT2D eigenvalue weighted by molar-refractivity contribution is 7.18. The number of benzene rings is 1. The molecule has 1 aromatic carbocycles. The maximum absolute atomic E-state index is 12.0. The molecule has 0 aliphatic carbocycles. The van der Waals surface area contributed by atoms with Gasteiger partial charge in [-0.3, -0.25) is 9.69 Å². The number of aromatic nitrogens is 1. The van der Waals surface area contributed by atoms with Crippen LogP contribution in [0.15, 0.2) is 24.3 Å². The minimum Gasteiger partial charge on any atom is -0.355 e. The van der Waals surface area contributed by atoms with Crippen molar-refractivity contribution in [1.82, 2.24) is 15.2 Å². The molecule has 1 atom stereocenters. The number of thiazole rings is 1. The quantitative estimate of drug-likeness (QED) is 0.850. The highest BCUT2D eigenvalue weighted by atomic mass is 32.1. The van der Waals surface area contributed by atoms with Crippen molar-refractivity contribution in [2.24, 2.45) is 5.92 Å². The van der Waals surface area contributed by atoms with Gasteiger partial charge in [-0.15, -0.1) is 11.3 Å². The van der Waals surface area contributed by atoms with Crippen molar-refractivity contribution < 1.29 is 4.79 Å². The van der Waals surface area contributed by atoms with Crippen LogP contribution in [0.5, 0.6) is 0 Å². The molecule has 0 fully saturated rings. The number of likely N-dealkylation sites (N-methyl/N-ethyl adjacent to an activating group) is 1. The van der Waals surface area contributed by atoms with E-state index in [0.717, 1.165) is 23.5 Å². The van der Waals surface area contributed by atoms with Gasteiger partial charge in [0.1, 0.15) is 5.01 Å². The molecule has 1 N–H and O–H groups in total. The second kappa shape index (κ2) is 7.70. The largest absolute Gasteiger partial charge is 0.355 e. The van der Waals surface area contributed by atoms with E-state index < -0.39 is 0 Å². The molecule has 22 heavy (non-hydrogen) atoms. The van der Waals surface area contributed by atoms with Crippen molar-refractivity contribution in [3.05, 3.63) is 29.3 Å². The lowest BCUT2D eigenvalue weighted by atomic mass is 10.1. The van der Waals surface area contributed by atoms with Crippen LogP contribution in [0.1, 0.15) is 38.2 Å². The van der Waals surface area contributed by atoms with Crippen molar-refractivity contribution in [3.8, 4) is 0 Å². The van der Waals surface area contributed by atoms with Crippen molar-refractivity contribution in [2.75, 3.05) is 20.1 Å². The van der Waals surface area contributed by atoms with Crippen LogP contribution in [0, 0.1) is 5.92 Å². The van der Waals surface area contributed by atoms with Crippen molar-refractivity contribution in [3.63, 3.8) is 0 Å². The van der Waals surface area contributed by atoms with Crippen LogP contribution in [0.2, 0.25) is 0 Å². The summed E-state index contributed by atoms with van der Waals surface area (Å²) >= 11 is 1.70. The summed E-state index contributed by atoms with van der Waals surface area (Å²) in [5.41, 5.74) is 1.03. The number of fused-ring (bicyclic) bond motifs is 1. The fraction of sp³-hybridized carbons (Fsp3) is 0.529. The van der Waals surface area contributed by atoms with Gasteiger partial charge < -0.3 is 5.32 Å². The molecule has 120 valence electrons. The standard InChI is InChI=1S/C17H25N3OS/c1-12(2)9-10-18-16(21)11-20(4)13(3)17-19-14-7-5-6-8-15(14)22-17/h5-8,12-13H,9-11H2,1-4H3,(H,18,21)/t13-/m0/s1. The third-order valence-electron chi connectivity index (χ3n) is 3.77. The van der Waals surface area contributed by atoms with E-state index in [1.807, 2.05) is 30.1 Å². The molecule has 2 aromatic rings. The molecular formula is C17H25N3OS. The Hall–Kier alpha value is -1.46. The summed E-state index contributed by atoms with van der Waals surface area (Å²) in [6, 6.07) is 8.28. The summed E-state index contributed by atoms with van der Waals surface area (Å²) in [6.45, 7) is 7.56. The van der Waals surface area contributed by atoms with Gasteiger partial charge in [0.05, 0.1) is 22.8 Å². The van der Waals surface area contributed by atoms with E-state index in [1.54, 1.807) is 11.3 Å². The number of para-hydroxylation sites is 1. The number of rotatable bonds is 7. The SMILES string of the molecule is CC(C)CCNC(=O)CN(C)[C@@H](C)c1nc2ccccc2s1. The molecule has 1 aromatic heterocycles. The first-order valence-electron chi connectivity index (χ1n) is 7.79. The van der Waals surface area contributed by atoms with Gasteiger partial charge in [-0.05, 0) is 38.4 Å². The Morgan fingerprint density at radius 2 is 2.05 bits per heavy atom. The molecule has 1 heterocycles. The zero-order valence-electron chi connectivity index (χ0n) is 13.8. The van der Waals surface area contributed by atoms with Crippen molar-refractivity contribution in [2.45, 2.75) is 33.2 Å². The summed E-state index contributed by atoms with van der Waals surface area (Å²) in [4.78, 5) is 18.7. The van der Waals surface area contributed by atoms with Crippen LogP contribution in [0.3, 0.4) is 0 Å². The Bertz CT molecular complexity index is 590. The summed E-state index contributed by atoms with van der Waals surface area (Å²) in [7, 11) is 1.97. The number of hydrogen-bond donors (Lipinski definition) is 1. The minimum atomic E-state index is 0.0797. The Kier molecular flexibility index (Phi) is 5.91. The van der Waals surface area contributed by atoms with Gasteiger partial charge in [0.25, 0.3) is 0 Å². The molecule has 0 unspecified atom stereocenters. The Morgan fingerprint density at radius 3 is 2.73 bits per heavy atom. The summed E-state index contributed by atoms with van der Waals surface area (Å²) in [5.74, 6) is 0.691. The number of amides is 1. The van der Waals surface area contributed by atoms with E-state index in [-0.39, 0.29) is 11.9 Å². The van der Waals surface area contributed by atoms with Crippen molar-refractivity contribution in [1.29, 1.82) is 0 Å². The minimum absolute atomic E-state index is 0.0797. The average Bonchev–Trinajstić information content (AvgIpc) is 2.89. The fourth-order valence-electron chi connectivity index (χ4n) is 2.18. The molecule has 0 radical (unpaired) electrons. The van der Waals surface area contributed by atoms with E-state index in [4.69, 9.17) is 0 Å². The van der Waals surface area contributed by atoms with E-state index in [1.165, 1.54) is 4.70 Å². The number of carbonyl (C=O) groups excluding carboxylic acids is 1. The highest BCUT2D eigenvalue weighted by Crippen LogP contribution is 2.28. The normalized spacial score (nSPS) is 13.0. The van der Waals surface area contributed by atoms with Crippen molar-refractivity contribution >= 4 is 27.5 Å². The molecule has 0 aliphatic rings. The molecule has 0 spiro atoms. The predicted octanol–water partition coefficient (Wildman–Crippen LogP) is 3.45. The second-order valence-electron chi connectivity index (χ2n) is 6.14. The number of hydrogen-bond acceptors (Lipinski definition) is 4. The smallest absolute Gasteiger partial charge is 0.234 e. The first kappa shape index (κ1) is 16.9. The van der Waals surface area contributed by atoms with Crippen LogP contribution in [-0.4, -0.2) is 35.9 Å². The molecule has 0 saturated carbocycles. The van der Waals surface area contributed by atoms with Crippen LogP contribution >= 0.6 is 11.3 Å². The van der Waals surface area contributed by atoms with Gasteiger partial charge in [-0.25, -0.2) is 4.98 Å². The third kappa shape index (κ3) is 4.52. The first-order chi connectivity index (χ1) is 10.5. The van der Waals surface area contributed by atoms with Crippen LogP contribution in [0.25, 0.3) is 10.2 Å². The van der Waals surface area contributed by atoms with E-state index >= 15 is 0 Å². The highest BCUT2D eigenvalue weighted by Gasteiger charge is 2.18. The van der Waals surface area contributed by atoms with E-state index in [9.17, 15) is 4.79 Å². The van der Waals surface area contributed by atoms with E-state index in [2.05, 4.69) is 37.1 Å². The summed E-state index contributed by atoms with van der Waals surface area (Å²) < 4.78 is 1.19. The summed E-state index contributed by atoms with van der Waals surface area (Å²) in [6.07, 6.45) is 1.02. The lowest BCUT2D eigenvalue weighted by molar-refractivity contribution is -0.122. The maximum Gasteiger partial charge on any atom is 0.234 e. The Morgan fingerprint density at radius 1 is 1.32 bits per heavy atom. The average molecular weight is 319 g/mol. The van der Waals surface area contributed by atoms with Gasteiger partial charge in [0.2, 0.25) is 5.91 Å². The molecule has 1 amide bonds. The number of nitrogens with zero attached hydrogens (tertiary/aromatic N) is 2. The summed E-state index contributed by atoms with van der Waals surface area (Å²) in [5, 5.41) is 4.03. The molecule has 4 nitrogen and oxygen atoms in total. The third-order valence-corrected chi connectivity index (χ3v) is 4.97. The van der Waals surface area contributed by atoms with Gasteiger partial charge in [-0.2, -0.15) is 0 Å². The van der Waals surface area contributed by atoms with E-state index in [0.29, 0.717) is 12.5 Å². The Balaban J connectivity index is 1.91. The Labute approximate surface area is 136 Å². The maximum atomic E-state index is 12.0. The number of nitrogens with one attached hydrogen (secondary N) is 1. The first-order valence-corrected chi connectivity index (χ1v) is 8.61. The molecule has 0 aliphatic heterocycles. The van der Waals surface area contributed by atoms with Gasteiger partial charge >= 0.3 is 0 Å². The zero-order valence-corrected chi connectivity index (χ0v) is 14.6. The van der Waals surface area contributed by atoms with Gasteiger partial charge in [0, 0.05) is 6.54 Å².